The van der Waals surface area contributed by atoms with Crippen molar-refractivity contribution in [3.8, 4) is 11.3 Å². The maximum absolute atomic E-state index is 4.06. The number of rotatable bonds is 1. The summed E-state index contributed by atoms with van der Waals surface area (Å²) < 4.78 is 2.64. The second-order valence-electron chi connectivity index (χ2n) is 2.64. The van der Waals surface area contributed by atoms with Crippen LogP contribution in [0.5, 0.6) is 0 Å². The average Bonchev–Trinajstić information content (AvgIpc) is 2.53. The molecule has 2 heterocycles. The Bertz CT molecular complexity index is 406. The van der Waals surface area contributed by atoms with E-state index in [-0.39, 0.29) is 0 Å². The summed E-state index contributed by atoms with van der Waals surface area (Å²) in [6, 6.07) is 3.86. The molecule has 2 aromatic rings. The van der Waals surface area contributed by atoms with E-state index in [1.807, 2.05) is 25.4 Å². The first-order valence-corrected chi connectivity index (χ1v) is 4.82. The van der Waals surface area contributed by atoms with Gasteiger partial charge in [0.1, 0.15) is 3.70 Å². The zero-order valence-corrected chi connectivity index (χ0v) is 9.13. The van der Waals surface area contributed by atoms with E-state index < -0.39 is 0 Å². The van der Waals surface area contributed by atoms with Crippen molar-refractivity contribution in [1.29, 1.82) is 0 Å². The van der Waals surface area contributed by atoms with Crippen molar-refractivity contribution in [1.82, 2.24) is 20.0 Å². The van der Waals surface area contributed by atoms with E-state index in [1.54, 1.807) is 10.9 Å². The Morgan fingerprint density at radius 2 is 2.15 bits per heavy atom. The topological polar surface area (TPSA) is 43.6 Å². The van der Waals surface area contributed by atoms with Crippen molar-refractivity contribution in [2.45, 2.75) is 0 Å². The number of nitrogens with zero attached hydrogens (tertiary/aromatic N) is 4. The molecule has 0 aliphatic heterocycles. The zero-order valence-electron chi connectivity index (χ0n) is 6.98. The molecule has 0 amide bonds. The lowest BCUT2D eigenvalue weighted by Crippen LogP contribution is -1.88. The van der Waals surface area contributed by atoms with Gasteiger partial charge < -0.3 is 0 Å². The first-order chi connectivity index (χ1) is 6.25. The molecule has 66 valence electrons. The molecular weight excluding hydrogens is 279 g/mol. The third-order valence-corrected chi connectivity index (χ3v) is 2.21. The van der Waals surface area contributed by atoms with Gasteiger partial charge in [-0.2, -0.15) is 5.10 Å². The van der Waals surface area contributed by atoms with Crippen molar-refractivity contribution < 1.29 is 0 Å². The Morgan fingerprint density at radius 1 is 1.31 bits per heavy atom. The number of hydrogen-bond donors (Lipinski definition) is 0. The molecule has 0 saturated carbocycles. The van der Waals surface area contributed by atoms with Crippen LogP contribution in [0, 0.1) is 3.70 Å². The number of hydrogen-bond acceptors (Lipinski definition) is 3. The van der Waals surface area contributed by atoms with Crippen LogP contribution in [0.2, 0.25) is 0 Å². The summed E-state index contributed by atoms with van der Waals surface area (Å²) in [7, 11) is 1.88. The maximum Gasteiger partial charge on any atom is 0.124 e. The molecule has 0 radical (unpaired) electrons. The molecule has 13 heavy (non-hydrogen) atoms. The van der Waals surface area contributed by atoms with Gasteiger partial charge >= 0.3 is 0 Å². The molecule has 0 saturated heterocycles. The fourth-order valence-electron chi connectivity index (χ4n) is 1.02. The summed E-state index contributed by atoms with van der Waals surface area (Å²) in [5, 5.41) is 12.1. The van der Waals surface area contributed by atoms with Gasteiger partial charge in [0.15, 0.2) is 0 Å². The van der Waals surface area contributed by atoms with Crippen LogP contribution in [0.15, 0.2) is 24.5 Å². The summed E-state index contributed by atoms with van der Waals surface area (Å²) in [6.07, 6.45) is 3.69. The lowest BCUT2D eigenvalue weighted by Gasteiger charge is -1.93. The number of halogens is 1. The van der Waals surface area contributed by atoms with Crippen molar-refractivity contribution in [3.63, 3.8) is 0 Å². The normalized spacial score (nSPS) is 10.3. The predicted octanol–water partition coefficient (Wildman–Crippen LogP) is 1.48. The molecule has 0 N–H and O–H groups in total. The molecule has 0 aliphatic rings. The second kappa shape index (κ2) is 3.41. The fourth-order valence-corrected chi connectivity index (χ4v) is 1.31. The Labute approximate surface area is 89.1 Å². The van der Waals surface area contributed by atoms with Gasteiger partial charge in [-0.05, 0) is 34.7 Å². The summed E-state index contributed by atoms with van der Waals surface area (Å²) in [4.78, 5) is 0. The van der Waals surface area contributed by atoms with Crippen molar-refractivity contribution in [2.75, 3.05) is 0 Å². The standard InChI is InChI=1S/C8H7IN4/c1-13-5-6(4-10-13)7-2-3-8(9)12-11-7/h2-5H,1H3. The van der Waals surface area contributed by atoms with E-state index in [0.29, 0.717) is 0 Å². The first-order valence-electron chi connectivity index (χ1n) is 3.74. The van der Waals surface area contributed by atoms with Crippen LogP contribution in [-0.2, 0) is 7.05 Å². The van der Waals surface area contributed by atoms with Crippen molar-refractivity contribution in [3.05, 3.63) is 28.2 Å². The van der Waals surface area contributed by atoms with Crippen LogP contribution in [0.25, 0.3) is 11.3 Å². The van der Waals surface area contributed by atoms with Gasteiger partial charge in [-0.15, -0.1) is 10.2 Å². The molecule has 0 spiro atoms. The van der Waals surface area contributed by atoms with Crippen LogP contribution in [0.1, 0.15) is 0 Å². The highest BCUT2D eigenvalue weighted by Crippen LogP contribution is 2.14. The second-order valence-corrected chi connectivity index (χ2v) is 3.75. The van der Waals surface area contributed by atoms with E-state index in [2.05, 4.69) is 37.9 Å². The third-order valence-electron chi connectivity index (χ3n) is 1.63. The SMILES string of the molecule is Cn1cc(-c2ccc(I)nn2)cn1. The lowest BCUT2D eigenvalue weighted by molar-refractivity contribution is 0.768. The van der Waals surface area contributed by atoms with E-state index >= 15 is 0 Å². The highest BCUT2D eigenvalue weighted by atomic mass is 127. The van der Waals surface area contributed by atoms with E-state index in [0.717, 1.165) is 15.0 Å². The molecule has 2 rings (SSSR count). The van der Waals surface area contributed by atoms with Crippen LogP contribution < -0.4 is 0 Å². The predicted molar refractivity (Wildman–Crippen MR) is 57.0 cm³/mol. The van der Waals surface area contributed by atoms with Crippen LogP contribution in [-0.4, -0.2) is 20.0 Å². The van der Waals surface area contributed by atoms with Crippen LogP contribution in [0.4, 0.5) is 0 Å². The van der Waals surface area contributed by atoms with Gasteiger partial charge in [-0.25, -0.2) is 0 Å². The number of aromatic nitrogens is 4. The largest absolute Gasteiger partial charge is 0.275 e. The first kappa shape index (κ1) is 8.61. The molecule has 4 nitrogen and oxygen atoms in total. The molecule has 5 heteroatoms. The third kappa shape index (κ3) is 1.85. The van der Waals surface area contributed by atoms with E-state index in [1.165, 1.54) is 0 Å². The summed E-state index contributed by atoms with van der Waals surface area (Å²) in [5.41, 5.74) is 1.85. The van der Waals surface area contributed by atoms with Gasteiger partial charge in [-0.1, -0.05) is 0 Å². The Balaban J connectivity index is 2.41. The smallest absolute Gasteiger partial charge is 0.124 e. The Morgan fingerprint density at radius 3 is 2.69 bits per heavy atom. The Hall–Kier alpha value is -0.980. The Kier molecular flexibility index (Phi) is 2.26. The monoisotopic (exact) mass is 286 g/mol. The molecule has 0 atom stereocenters. The van der Waals surface area contributed by atoms with Crippen molar-refractivity contribution in [2.24, 2.45) is 7.05 Å². The lowest BCUT2D eigenvalue weighted by atomic mass is 10.2. The molecule has 0 unspecified atom stereocenters. The van der Waals surface area contributed by atoms with Crippen LogP contribution >= 0.6 is 22.6 Å². The average molecular weight is 286 g/mol. The fraction of sp³-hybridized carbons (Fsp3) is 0.125. The molecule has 0 bridgehead atoms. The summed E-state index contributed by atoms with van der Waals surface area (Å²) in [6.45, 7) is 0. The minimum atomic E-state index is 0.855. The maximum atomic E-state index is 4.06. The highest BCUT2D eigenvalue weighted by Gasteiger charge is 2.01. The number of aryl methyl sites for hydroxylation is 1. The van der Waals surface area contributed by atoms with Gasteiger partial charge in [0.05, 0.1) is 11.9 Å². The van der Waals surface area contributed by atoms with Gasteiger partial charge in [0, 0.05) is 18.8 Å². The molecule has 2 aromatic heterocycles. The van der Waals surface area contributed by atoms with Gasteiger partial charge in [0.2, 0.25) is 0 Å². The van der Waals surface area contributed by atoms with Crippen molar-refractivity contribution >= 4 is 22.6 Å². The molecular formula is C8H7IN4. The molecule has 0 aromatic carbocycles. The van der Waals surface area contributed by atoms with E-state index in [9.17, 15) is 0 Å². The summed E-state index contributed by atoms with van der Waals surface area (Å²) >= 11 is 2.13. The van der Waals surface area contributed by atoms with E-state index in [4.69, 9.17) is 0 Å². The quantitative estimate of drug-likeness (QED) is 0.746. The minimum Gasteiger partial charge on any atom is -0.275 e. The molecule has 0 fully saturated rings. The van der Waals surface area contributed by atoms with Crippen LogP contribution in [0.3, 0.4) is 0 Å². The minimum absolute atomic E-state index is 0.855. The highest BCUT2D eigenvalue weighted by molar-refractivity contribution is 14.1. The van der Waals surface area contributed by atoms with Gasteiger partial charge in [0.25, 0.3) is 0 Å². The summed E-state index contributed by atoms with van der Waals surface area (Å²) in [5.74, 6) is 0. The van der Waals surface area contributed by atoms with Gasteiger partial charge in [-0.3, -0.25) is 4.68 Å². The zero-order chi connectivity index (χ0) is 9.26. The molecule has 0 aliphatic carbocycles.